The van der Waals surface area contributed by atoms with Crippen molar-refractivity contribution in [3.63, 3.8) is 0 Å². The topological polar surface area (TPSA) is 23.9 Å². The van der Waals surface area contributed by atoms with E-state index in [4.69, 9.17) is 5.41 Å². The molecule has 0 spiro atoms. The van der Waals surface area contributed by atoms with E-state index in [0.717, 1.165) is 11.1 Å². The van der Waals surface area contributed by atoms with E-state index in [2.05, 4.69) is 6.58 Å². The highest BCUT2D eigenvalue weighted by molar-refractivity contribution is 5.98. The van der Waals surface area contributed by atoms with E-state index in [0.29, 0.717) is 5.71 Å². The van der Waals surface area contributed by atoms with E-state index >= 15 is 0 Å². The minimum absolute atomic E-state index is 0.588. The van der Waals surface area contributed by atoms with Crippen LogP contribution in [0.2, 0.25) is 0 Å². The molecule has 0 aliphatic rings. The van der Waals surface area contributed by atoms with Gasteiger partial charge in [-0.2, -0.15) is 0 Å². The minimum atomic E-state index is 0.588. The summed E-state index contributed by atoms with van der Waals surface area (Å²) in [5.74, 6) is 0. The van der Waals surface area contributed by atoms with Crippen LogP contribution < -0.4 is 0 Å². The molecule has 11 heavy (non-hydrogen) atoms. The van der Waals surface area contributed by atoms with Crippen LogP contribution in [0.25, 0.3) is 0 Å². The van der Waals surface area contributed by atoms with Crippen molar-refractivity contribution in [2.75, 3.05) is 0 Å². The summed E-state index contributed by atoms with van der Waals surface area (Å²) in [6, 6.07) is 0. The molecule has 0 aliphatic heterocycles. The Morgan fingerprint density at radius 1 is 1.27 bits per heavy atom. The molecule has 0 rings (SSSR count). The molecule has 0 aromatic heterocycles. The van der Waals surface area contributed by atoms with Crippen molar-refractivity contribution in [2.24, 2.45) is 0 Å². The largest absolute Gasteiger partial charge is 0.305 e. The molecule has 0 aliphatic carbocycles. The van der Waals surface area contributed by atoms with Crippen LogP contribution in [0.15, 0.2) is 36.0 Å². The smallest absolute Gasteiger partial charge is 0.0351 e. The summed E-state index contributed by atoms with van der Waals surface area (Å²) in [6.45, 7) is 9.37. The van der Waals surface area contributed by atoms with Crippen LogP contribution in [0.1, 0.15) is 20.8 Å². The average molecular weight is 149 g/mol. The van der Waals surface area contributed by atoms with E-state index < -0.39 is 0 Å². The quantitative estimate of drug-likeness (QED) is 0.471. The van der Waals surface area contributed by atoms with Gasteiger partial charge in [-0.25, -0.2) is 0 Å². The van der Waals surface area contributed by atoms with Crippen molar-refractivity contribution in [3.8, 4) is 0 Å². The molecule has 0 saturated carbocycles. The Kier molecular flexibility index (Phi) is 4.20. The summed E-state index contributed by atoms with van der Waals surface area (Å²) >= 11 is 0. The molecule has 60 valence electrons. The second kappa shape index (κ2) is 4.67. The van der Waals surface area contributed by atoms with Crippen molar-refractivity contribution >= 4 is 5.71 Å². The summed E-state index contributed by atoms with van der Waals surface area (Å²) in [5, 5.41) is 7.35. The van der Waals surface area contributed by atoms with E-state index in [9.17, 15) is 0 Å². The van der Waals surface area contributed by atoms with E-state index in [-0.39, 0.29) is 0 Å². The molecule has 0 aromatic carbocycles. The van der Waals surface area contributed by atoms with Gasteiger partial charge in [0, 0.05) is 5.71 Å². The van der Waals surface area contributed by atoms with Crippen molar-refractivity contribution in [1.29, 1.82) is 5.41 Å². The van der Waals surface area contributed by atoms with Crippen molar-refractivity contribution in [1.82, 2.24) is 0 Å². The molecule has 1 nitrogen and oxygen atoms in total. The van der Waals surface area contributed by atoms with Crippen LogP contribution in [0.5, 0.6) is 0 Å². The van der Waals surface area contributed by atoms with Crippen LogP contribution in [-0.2, 0) is 0 Å². The van der Waals surface area contributed by atoms with Gasteiger partial charge in [0.05, 0.1) is 0 Å². The van der Waals surface area contributed by atoms with E-state index in [1.54, 1.807) is 6.92 Å². The van der Waals surface area contributed by atoms with Crippen molar-refractivity contribution in [2.45, 2.75) is 20.8 Å². The zero-order valence-corrected chi connectivity index (χ0v) is 7.44. The third-order valence-corrected chi connectivity index (χ3v) is 1.29. The Balaban J connectivity index is 4.34. The lowest BCUT2D eigenvalue weighted by Crippen LogP contribution is -1.90. The Labute approximate surface area is 68.6 Å². The molecule has 0 saturated heterocycles. The van der Waals surface area contributed by atoms with Gasteiger partial charge in [-0.3, -0.25) is 0 Å². The SMILES string of the molecule is C=C(C)/C=C\C(=C/C)C(C)=N. The maximum atomic E-state index is 7.35. The summed E-state index contributed by atoms with van der Waals surface area (Å²) in [5.41, 5.74) is 2.55. The molecule has 0 atom stereocenters. The fourth-order valence-electron chi connectivity index (χ4n) is 0.670. The Bertz CT molecular complexity index is 219. The van der Waals surface area contributed by atoms with Crippen molar-refractivity contribution < 1.29 is 0 Å². The Morgan fingerprint density at radius 3 is 2.09 bits per heavy atom. The van der Waals surface area contributed by atoms with E-state index in [1.165, 1.54) is 0 Å². The molecule has 0 heterocycles. The van der Waals surface area contributed by atoms with E-state index in [1.807, 2.05) is 32.1 Å². The Morgan fingerprint density at radius 2 is 1.82 bits per heavy atom. The van der Waals surface area contributed by atoms with Gasteiger partial charge < -0.3 is 5.41 Å². The summed E-state index contributed by atoms with van der Waals surface area (Å²) in [6.07, 6.45) is 5.74. The van der Waals surface area contributed by atoms with Gasteiger partial charge in [-0.1, -0.05) is 30.4 Å². The first kappa shape index (κ1) is 9.89. The zero-order chi connectivity index (χ0) is 8.85. The molecule has 0 radical (unpaired) electrons. The molecular formula is C10H15N. The molecule has 1 heteroatoms. The summed E-state index contributed by atoms with van der Waals surface area (Å²) in [4.78, 5) is 0. The van der Waals surface area contributed by atoms with Gasteiger partial charge in [-0.15, -0.1) is 0 Å². The second-order valence-electron chi connectivity index (χ2n) is 2.55. The first-order chi connectivity index (χ1) is 5.07. The molecule has 0 aromatic rings. The third kappa shape index (κ3) is 4.31. The molecule has 0 bridgehead atoms. The number of nitrogens with one attached hydrogen (secondary N) is 1. The van der Waals surface area contributed by atoms with Crippen LogP contribution >= 0.6 is 0 Å². The first-order valence-electron chi connectivity index (χ1n) is 3.63. The summed E-state index contributed by atoms with van der Waals surface area (Å²) in [7, 11) is 0. The molecular weight excluding hydrogens is 134 g/mol. The highest BCUT2D eigenvalue weighted by Gasteiger charge is 1.90. The molecule has 0 amide bonds. The zero-order valence-electron chi connectivity index (χ0n) is 7.44. The Hall–Kier alpha value is -1.11. The second-order valence-corrected chi connectivity index (χ2v) is 2.55. The van der Waals surface area contributed by atoms with Crippen LogP contribution in [0.4, 0.5) is 0 Å². The highest BCUT2D eigenvalue weighted by Crippen LogP contribution is 2.01. The normalized spacial score (nSPS) is 12.1. The minimum Gasteiger partial charge on any atom is -0.305 e. The lowest BCUT2D eigenvalue weighted by molar-refractivity contribution is 1.44. The fourth-order valence-corrected chi connectivity index (χ4v) is 0.670. The molecule has 0 fully saturated rings. The number of hydrogen-bond acceptors (Lipinski definition) is 1. The van der Waals surface area contributed by atoms with Crippen LogP contribution in [-0.4, -0.2) is 5.71 Å². The third-order valence-electron chi connectivity index (χ3n) is 1.29. The van der Waals surface area contributed by atoms with Gasteiger partial charge in [0.1, 0.15) is 0 Å². The first-order valence-corrected chi connectivity index (χ1v) is 3.63. The lowest BCUT2D eigenvalue weighted by atomic mass is 10.1. The predicted octanol–water partition coefficient (Wildman–Crippen LogP) is 3.10. The average Bonchev–Trinajstić information content (AvgIpc) is 1.87. The maximum absolute atomic E-state index is 7.35. The summed E-state index contributed by atoms with van der Waals surface area (Å²) < 4.78 is 0. The van der Waals surface area contributed by atoms with Gasteiger partial charge in [0.25, 0.3) is 0 Å². The number of rotatable bonds is 3. The molecule has 0 unspecified atom stereocenters. The molecule has 1 N–H and O–H groups in total. The van der Waals surface area contributed by atoms with Gasteiger partial charge >= 0.3 is 0 Å². The van der Waals surface area contributed by atoms with Crippen LogP contribution in [0.3, 0.4) is 0 Å². The fraction of sp³-hybridized carbons (Fsp3) is 0.300. The standard InChI is InChI=1S/C10H15N/c1-5-10(9(4)11)7-6-8(2)3/h5-7,11H,2H2,1,3-4H3/b7-6-,10-5+,11-9?. The van der Waals surface area contributed by atoms with Crippen LogP contribution in [0, 0.1) is 5.41 Å². The van der Waals surface area contributed by atoms with Crippen molar-refractivity contribution in [3.05, 3.63) is 36.0 Å². The monoisotopic (exact) mass is 149 g/mol. The number of hydrogen-bond donors (Lipinski definition) is 1. The highest BCUT2D eigenvalue weighted by atomic mass is 14.4. The predicted molar refractivity (Wildman–Crippen MR) is 51.1 cm³/mol. The number of allylic oxidation sites excluding steroid dienone is 5. The van der Waals surface area contributed by atoms with Gasteiger partial charge in [0.15, 0.2) is 0 Å². The van der Waals surface area contributed by atoms with Gasteiger partial charge in [0.2, 0.25) is 0 Å². The van der Waals surface area contributed by atoms with Gasteiger partial charge in [-0.05, 0) is 26.3 Å². The maximum Gasteiger partial charge on any atom is 0.0351 e. The lowest BCUT2D eigenvalue weighted by Gasteiger charge is -1.95.